The van der Waals surface area contributed by atoms with Crippen LogP contribution in [0.25, 0.3) is 0 Å². The van der Waals surface area contributed by atoms with Gasteiger partial charge in [-0.25, -0.2) is 0 Å². The van der Waals surface area contributed by atoms with Crippen molar-refractivity contribution >= 4 is 24.2 Å². The third kappa shape index (κ3) is 5.78. The van der Waals surface area contributed by atoms with Gasteiger partial charge in [-0.1, -0.05) is 37.3 Å². The number of benzene rings is 1. The molecule has 0 amide bonds. The van der Waals surface area contributed by atoms with Gasteiger partial charge in [-0.05, 0) is 31.8 Å². The minimum Gasteiger partial charge on any atom is -0.308 e. The summed E-state index contributed by atoms with van der Waals surface area (Å²) in [7, 11) is 4.28. The van der Waals surface area contributed by atoms with E-state index in [-0.39, 0.29) is 12.4 Å². The molecule has 1 unspecified atom stereocenters. The van der Waals surface area contributed by atoms with Crippen molar-refractivity contribution in [3.05, 3.63) is 35.9 Å². The van der Waals surface area contributed by atoms with E-state index in [4.69, 9.17) is 0 Å². The molecule has 0 aliphatic rings. The second-order valence-electron chi connectivity index (χ2n) is 4.03. The Morgan fingerprint density at radius 3 is 2.31 bits per heavy atom. The van der Waals surface area contributed by atoms with Crippen LogP contribution in [0.2, 0.25) is 0 Å². The molecule has 0 spiro atoms. The first-order chi connectivity index (χ1) is 7.24. The van der Waals surface area contributed by atoms with E-state index in [9.17, 15) is 0 Å². The number of likely N-dealkylation sites (N-methyl/N-ethyl adjacent to an activating group) is 1. The van der Waals surface area contributed by atoms with E-state index in [1.165, 1.54) is 17.7 Å². The van der Waals surface area contributed by atoms with Gasteiger partial charge in [0.05, 0.1) is 0 Å². The van der Waals surface area contributed by atoms with Crippen LogP contribution in [-0.2, 0) is 0 Å². The Morgan fingerprint density at radius 2 is 1.81 bits per heavy atom. The molecule has 0 heterocycles. The molecular formula is C13H22ClNS. The van der Waals surface area contributed by atoms with Gasteiger partial charge in [0, 0.05) is 11.8 Å². The number of thioether (sulfide) groups is 1. The normalized spacial score (nSPS) is 12.2. The van der Waals surface area contributed by atoms with E-state index in [0.29, 0.717) is 5.25 Å². The van der Waals surface area contributed by atoms with Crippen molar-refractivity contribution in [3.8, 4) is 0 Å². The summed E-state index contributed by atoms with van der Waals surface area (Å²) in [4.78, 5) is 2.26. The molecule has 1 nitrogen and oxygen atoms in total. The Balaban J connectivity index is 0.00000225. The smallest absolute Gasteiger partial charge is 0.0424 e. The molecule has 92 valence electrons. The summed E-state index contributed by atoms with van der Waals surface area (Å²) in [5.41, 5.74) is 1.45. The number of hydrogen-bond donors (Lipinski definition) is 0. The molecule has 0 saturated heterocycles. The van der Waals surface area contributed by atoms with Crippen LogP contribution < -0.4 is 0 Å². The fraction of sp³-hybridized carbons (Fsp3) is 0.538. The zero-order valence-electron chi connectivity index (χ0n) is 10.3. The summed E-state index contributed by atoms with van der Waals surface area (Å²) in [6, 6.07) is 10.8. The van der Waals surface area contributed by atoms with Crippen molar-refractivity contribution in [3.63, 3.8) is 0 Å². The van der Waals surface area contributed by atoms with E-state index in [1.54, 1.807) is 0 Å². The molecule has 1 aromatic rings. The van der Waals surface area contributed by atoms with E-state index in [0.717, 1.165) is 6.54 Å². The molecule has 0 bridgehead atoms. The molecule has 0 radical (unpaired) electrons. The van der Waals surface area contributed by atoms with E-state index in [2.05, 4.69) is 68.0 Å². The first-order valence-electron chi connectivity index (χ1n) is 5.55. The fourth-order valence-corrected chi connectivity index (χ4v) is 2.79. The van der Waals surface area contributed by atoms with Gasteiger partial charge in [-0.15, -0.1) is 12.4 Å². The Hall–Kier alpha value is -0.180. The highest BCUT2D eigenvalue weighted by Gasteiger charge is 2.11. The Morgan fingerprint density at radius 1 is 1.19 bits per heavy atom. The zero-order valence-corrected chi connectivity index (χ0v) is 12.0. The zero-order chi connectivity index (χ0) is 11.1. The SMILES string of the molecule is CCCSC(CN(C)C)c1ccccc1.Cl. The number of hydrogen-bond acceptors (Lipinski definition) is 2. The van der Waals surface area contributed by atoms with E-state index in [1.807, 2.05) is 0 Å². The largest absolute Gasteiger partial charge is 0.308 e. The molecular weight excluding hydrogens is 238 g/mol. The second kappa shape index (κ2) is 8.91. The highest BCUT2D eigenvalue weighted by atomic mass is 35.5. The Kier molecular flexibility index (Phi) is 8.81. The lowest BCUT2D eigenvalue weighted by atomic mass is 10.1. The number of halogens is 1. The maximum atomic E-state index is 2.26. The third-order valence-electron chi connectivity index (χ3n) is 2.23. The third-order valence-corrected chi connectivity index (χ3v) is 3.69. The van der Waals surface area contributed by atoms with E-state index >= 15 is 0 Å². The van der Waals surface area contributed by atoms with Crippen molar-refractivity contribution in [2.45, 2.75) is 18.6 Å². The van der Waals surface area contributed by atoms with Crippen molar-refractivity contribution in [1.29, 1.82) is 0 Å². The van der Waals surface area contributed by atoms with Gasteiger partial charge in [-0.2, -0.15) is 11.8 Å². The molecule has 1 atom stereocenters. The fourth-order valence-electron chi connectivity index (χ4n) is 1.51. The van der Waals surface area contributed by atoms with Crippen LogP contribution in [0.15, 0.2) is 30.3 Å². The van der Waals surface area contributed by atoms with Gasteiger partial charge in [0.25, 0.3) is 0 Å². The maximum absolute atomic E-state index is 2.26. The van der Waals surface area contributed by atoms with Gasteiger partial charge >= 0.3 is 0 Å². The monoisotopic (exact) mass is 259 g/mol. The highest BCUT2D eigenvalue weighted by molar-refractivity contribution is 7.99. The average Bonchev–Trinajstić information content (AvgIpc) is 2.25. The van der Waals surface area contributed by atoms with Crippen LogP contribution in [0.4, 0.5) is 0 Å². The Bertz CT molecular complexity index is 264. The predicted octanol–water partition coefficient (Wildman–Crippen LogP) is 3.85. The summed E-state index contributed by atoms with van der Waals surface area (Å²) in [5, 5.41) is 0.612. The van der Waals surface area contributed by atoms with Crippen LogP contribution in [0.3, 0.4) is 0 Å². The van der Waals surface area contributed by atoms with Crippen molar-refractivity contribution in [2.75, 3.05) is 26.4 Å². The van der Waals surface area contributed by atoms with Crippen molar-refractivity contribution in [1.82, 2.24) is 4.90 Å². The van der Waals surface area contributed by atoms with Crippen LogP contribution in [0, 0.1) is 0 Å². The van der Waals surface area contributed by atoms with Crippen LogP contribution >= 0.6 is 24.2 Å². The minimum atomic E-state index is 0. The van der Waals surface area contributed by atoms with Crippen molar-refractivity contribution < 1.29 is 0 Å². The molecule has 0 fully saturated rings. The van der Waals surface area contributed by atoms with Crippen molar-refractivity contribution in [2.24, 2.45) is 0 Å². The summed E-state index contributed by atoms with van der Waals surface area (Å²) in [5.74, 6) is 1.24. The average molecular weight is 260 g/mol. The summed E-state index contributed by atoms with van der Waals surface area (Å²) >= 11 is 2.06. The van der Waals surface area contributed by atoms with Crippen LogP contribution in [-0.4, -0.2) is 31.3 Å². The standard InChI is InChI=1S/C13H21NS.ClH/c1-4-10-15-13(11-14(2)3)12-8-6-5-7-9-12;/h5-9,13H,4,10-11H2,1-3H3;1H. The summed E-state index contributed by atoms with van der Waals surface area (Å²) < 4.78 is 0. The highest BCUT2D eigenvalue weighted by Crippen LogP contribution is 2.29. The quantitative estimate of drug-likeness (QED) is 0.763. The van der Waals surface area contributed by atoms with Gasteiger partial charge in [-0.3, -0.25) is 0 Å². The lowest BCUT2D eigenvalue weighted by Gasteiger charge is -2.20. The first-order valence-corrected chi connectivity index (χ1v) is 6.60. The predicted molar refractivity (Wildman–Crippen MR) is 77.7 cm³/mol. The lowest BCUT2D eigenvalue weighted by Crippen LogP contribution is -2.18. The van der Waals surface area contributed by atoms with Gasteiger partial charge in [0.15, 0.2) is 0 Å². The number of nitrogens with zero attached hydrogens (tertiary/aromatic N) is 1. The van der Waals surface area contributed by atoms with Gasteiger partial charge < -0.3 is 4.90 Å². The molecule has 0 saturated carbocycles. The molecule has 0 aromatic heterocycles. The van der Waals surface area contributed by atoms with Gasteiger partial charge in [0.2, 0.25) is 0 Å². The molecule has 0 aliphatic carbocycles. The molecule has 1 aromatic carbocycles. The molecule has 0 N–H and O–H groups in total. The van der Waals surface area contributed by atoms with Crippen LogP contribution in [0.5, 0.6) is 0 Å². The first kappa shape index (κ1) is 15.8. The molecule has 1 rings (SSSR count). The molecule has 16 heavy (non-hydrogen) atoms. The van der Waals surface area contributed by atoms with Gasteiger partial charge in [0.1, 0.15) is 0 Å². The topological polar surface area (TPSA) is 3.24 Å². The summed E-state index contributed by atoms with van der Waals surface area (Å²) in [6.07, 6.45) is 1.25. The summed E-state index contributed by atoms with van der Waals surface area (Å²) in [6.45, 7) is 3.36. The Labute approximate surface area is 110 Å². The molecule has 0 aliphatic heterocycles. The minimum absolute atomic E-state index is 0. The second-order valence-corrected chi connectivity index (χ2v) is 5.34. The van der Waals surface area contributed by atoms with E-state index < -0.39 is 0 Å². The van der Waals surface area contributed by atoms with Crippen LogP contribution in [0.1, 0.15) is 24.2 Å². The maximum Gasteiger partial charge on any atom is 0.0424 e. The number of rotatable bonds is 6. The molecule has 3 heteroatoms. The lowest BCUT2D eigenvalue weighted by molar-refractivity contribution is 0.410.